The molecule has 37 heavy (non-hydrogen) atoms. The van der Waals surface area contributed by atoms with E-state index in [0.29, 0.717) is 23.9 Å². The highest BCUT2D eigenvalue weighted by atomic mass is 35.5. The number of halogens is 1. The van der Waals surface area contributed by atoms with E-state index in [1.165, 1.54) is 5.56 Å². The molecule has 0 aliphatic carbocycles. The second-order valence-electron chi connectivity index (χ2n) is 8.92. The number of rotatable bonds is 14. The highest BCUT2D eigenvalue weighted by Gasteiger charge is 2.11. The Bertz CT molecular complexity index is 1270. The second-order valence-corrected chi connectivity index (χ2v) is 9.35. The van der Waals surface area contributed by atoms with Crippen LogP contribution in [-0.4, -0.2) is 35.2 Å². The van der Waals surface area contributed by atoms with Crippen LogP contribution in [0.5, 0.6) is 11.5 Å². The SMILES string of the molecule is CCc1ccc(OCCn2c(CCCCCNC(=O)COc3ccc(Cl)cc3)nc3ccccc32)cc1. The van der Waals surface area contributed by atoms with Crippen molar-refractivity contribution >= 4 is 28.5 Å². The van der Waals surface area contributed by atoms with Gasteiger partial charge >= 0.3 is 0 Å². The summed E-state index contributed by atoms with van der Waals surface area (Å²) < 4.78 is 13.8. The van der Waals surface area contributed by atoms with Gasteiger partial charge in [-0.25, -0.2) is 4.98 Å². The molecule has 0 radical (unpaired) electrons. The monoisotopic (exact) mass is 519 g/mol. The fourth-order valence-corrected chi connectivity index (χ4v) is 4.31. The summed E-state index contributed by atoms with van der Waals surface area (Å²) in [5, 5.41) is 3.56. The van der Waals surface area contributed by atoms with Crippen LogP contribution in [0.1, 0.15) is 37.6 Å². The zero-order valence-electron chi connectivity index (χ0n) is 21.3. The van der Waals surface area contributed by atoms with Crippen molar-refractivity contribution in [1.29, 1.82) is 0 Å². The Hall–Kier alpha value is -3.51. The molecule has 0 aliphatic rings. The minimum absolute atomic E-state index is 0.00350. The van der Waals surface area contributed by atoms with Gasteiger partial charge in [0.25, 0.3) is 5.91 Å². The molecular formula is C30H34ClN3O3. The van der Waals surface area contributed by atoms with Crippen LogP contribution < -0.4 is 14.8 Å². The number of aryl methyl sites for hydroxylation is 2. The first-order valence-electron chi connectivity index (χ1n) is 12.9. The van der Waals surface area contributed by atoms with E-state index >= 15 is 0 Å². The lowest BCUT2D eigenvalue weighted by atomic mass is 10.2. The first-order valence-corrected chi connectivity index (χ1v) is 13.3. The lowest BCUT2D eigenvalue weighted by Gasteiger charge is -2.11. The van der Waals surface area contributed by atoms with Gasteiger partial charge in [0, 0.05) is 18.0 Å². The molecule has 0 saturated heterocycles. The molecule has 0 aliphatic heterocycles. The Kier molecular flexibility index (Phi) is 9.83. The van der Waals surface area contributed by atoms with Gasteiger partial charge in [0.05, 0.1) is 17.6 Å². The Morgan fingerprint density at radius 1 is 0.919 bits per heavy atom. The third-order valence-electron chi connectivity index (χ3n) is 6.23. The molecule has 0 atom stereocenters. The van der Waals surface area contributed by atoms with Gasteiger partial charge in [-0.15, -0.1) is 0 Å². The number of hydrogen-bond donors (Lipinski definition) is 1. The van der Waals surface area contributed by atoms with Gasteiger partial charge in [-0.05, 0) is 73.4 Å². The van der Waals surface area contributed by atoms with Gasteiger partial charge in [-0.3, -0.25) is 4.79 Å². The molecule has 3 aromatic carbocycles. The number of ether oxygens (including phenoxy) is 2. The van der Waals surface area contributed by atoms with Gasteiger partial charge in [0.15, 0.2) is 6.61 Å². The number of fused-ring (bicyclic) bond motifs is 1. The van der Waals surface area contributed by atoms with Crippen LogP contribution in [0.2, 0.25) is 5.02 Å². The zero-order valence-corrected chi connectivity index (χ0v) is 22.0. The first-order chi connectivity index (χ1) is 18.1. The molecule has 0 spiro atoms. The summed E-state index contributed by atoms with van der Waals surface area (Å²) in [5.41, 5.74) is 3.45. The molecule has 194 valence electrons. The molecule has 1 heterocycles. The largest absolute Gasteiger partial charge is 0.492 e. The Balaban J connectivity index is 1.20. The lowest BCUT2D eigenvalue weighted by molar-refractivity contribution is -0.123. The Morgan fingerprint density at radius 2 is 1.65 bits per heavy atom. The van der Waals surface area contributed by atoms with E-state index in [-0.39, 0.29) is 12.5 Å². The van der Waals surface area contributed by atoms with Gasteiger partial charge in [-0.1, -0.05) is 49.2 Å². The van der Waals surface area contributed by atoms with Crippen LogP contribution in [0, 0.1) is 0 Å². The maximum Gasteiger partial charge on any atom is 0.257 e. The number of benzene rings is 3. The number of nitrogens with zero attached hydrogens (tertiary/aromatic N) is 2. The van der Waals surface area contributed by atoms with Crippen molar-refractivity contribution in [2.75, 3.05) is 19.8 Å². The molecule has 0 fully saturated rings. The normalized spacial score (nSPS) is 11.0. The third-order valence-corrected chi connectivity index (χ3v) is 6.48. The summed E-state index contributed by atoms with van der Waals surface area (Å²) in [6.07, 6.45) is 4.81. The number of para-hydroxylation sites is 2. The van der Waals surface area contributed by atoms with Crippen molar-refractivity contribution in [2.24, 2.45) is 0 Å². The van der Waals surface area contributed by atoms with Crippen molar-refractivity contribution in [1.82, 2.24) is 14.9 Å². The average Bonchev–Trinajstić information content (AvgIpc) is 3.28. The van der Waals surface area contributed by atoms with Gasteiger partial charge in [0.2, 0.25) is 0 Å². The summed E-state index contributed by atoms with van der Waals surface area (Å²) in [6, 6.07) is 23.5. The smallest absolute Gasteiger partial charge is 0.257 e. The highest BCUT2D eigenvalue weighted by molar-refractivity contribution is 6.30. The maximum atomic E-state index is 12.0. The van der Waals surface area contributed by atoms with Crippen LogP contribution in [-0.2, 0) is 24.2 Å². The Labute approximate surface area is 223 Å². The van der Waals surface area contributed by atoms with Crippen LogP contribution in [0.3, 0.4) is 0 Å². The van der Waals surface area contributed by atoms with E-state index < -0.39 is 0 Å². The minimum Gasteiger partial charge on any atom is -0.492 e. The van der Waals surface area contributed by atoms with Gasteiger partial charge in [0.1, 0.15) is 23.9 Å². The second kappa shape index (κ2) is 13.7. The summed E-state index contributed by atoms with van der Waals surface area (Å²) in [6.45, 7) is 4.11. The first kappa shape index (κ1) is 26.6. The fraction of sp³-hybridized carbons (Fsp3) is 0.333. The maximum absolute atomic E-state index is 12.0. The quantitative estimate of drug-likeness (QED) is 0.200. The predicted molar refractivity (Wildman–Crippen MR) is 149 cm³/mol. The molecule has 4 aromatic rings. The van der Waals surface area contributed by atoms with E-state index in [1.807, 2.05) is 24.3 Å². The summed E-state index contributed by atoms with van der Waals surface area (Å²) >= 11 is 5.86. The zero-order chi connectivity index (χ0) is 25.9. The molecular weight excluding hydrogens is 486 g/mol. The summed E-state index contributed by atoms with van der Waals surface area (Å²) in [4.78, 5) is 16.9. The average molecular weight is 520 g/mol. The molecule has 0 bridgehead atoms. The molecule has 0 unspecified atom stereocenters. The summed E-state index contributed by atoms with van der Waals surface area (Å²) in [7, 11) is 0. The molecule has 0 saturated carbocycles. The number of nitrogens with one attached hydrogen (secondary N) is 1. The van der Waals surface area contributed by atoms with Crippen molar-refractivity contribution in [3.8, 4) is 11.5 Å². The van der Waals surface area contributed by atoms with Crippen molar-refractivity contribution in [2.45, 2.75) is 45.6 Å². The molecule has 1 aromatic heterocycles. The standard InChI is InChI=1S/C30H34ClN3O3/c1-2-23-11-15-25(16-12-23)36-21-20-34-28-9-6-5-8-27(28)33-29(34)10-4-3-7-19-32-30(35)22-37-26-17-13-24(31)14-18-26/h5-6,8-9,11-18H,2-4,7,10,19-22H2,1H3,(H,32,35). The van der Waals surface area contributed by atoms with E-state index in [2.05, 4.69) is 41.1 Å². The Morgan fingerprint density at radius 3 is 2.43 bits per heavy atom. The highest BCUT2D eigenvalue weighted by Crippen LogP contribution is 2.19. The fourth-order valence-electron chi connectivity index (χ4n) is 4.19. The number of aromatic nitrogens is 2. The number of carbonyl (C=O) groups excluding carboxylic acids is 1. The van der Waals surface area contributed by atoms with Crippen LogP contribution in [0.25, 0.3) is 11.0 Å². The van der Waals surface area contributed by atoms with Crippen molar-refractivity contribution in [3.05, 3.63) is 89.2 Å². The number of carbonyl (C=O) groups is 1. The van der Waals surface area contributed by atoms with E-state index in [4.69, 9.17) is 26.1 Å². The van der Waals surface area contributed by atoms with Crippen LogP contribution in [0.15, 0.2) is 72.8 Å². The van der Waals surface area contributed by atoms with Crippen molar-refractivity contribution in [3.63, 3.8) is 0 Å². The van der Waals surface area contributed by atoms with Crippen LogP contribution >= 0.6 is 11.6 Å². The summed E-state index contributed by atoms with van der Waals surface area (Å²) in [5.74, 6) is 2.47. The van der Waals surface area contributed by atoms with Crippen LogP contribution in [0.4, 0.5) is 0 Å². The predicted octanol–water partition coefficient (Wildman–Crippen LogP) is 6.24. The van der Waals surface area contributed by atoms with Crippen molar-refractivity contribution < 1.29 is 14.3 Å². The number of amides is 1. The number of imidazole rings is 1. The number of hydrogen-bond acceptors (Lipinski definition) is 4. The minimum atomic E-state index is -0.124. The third kappa shape index (κ3) is 7.99. The number of unbranched alkanes of at least 4 members (excludes halogenated alkanes) is 2. The molecule has 7 heteroatoms. The molecule has 1 amide bonds. The van der Waals surface area contributed by atoms with Gasteiger partial charge < -0.3 is 19.4 Å². The molecule has 1 N–H and O–H groups in total. The van der Waals surface area contributed by atoms with E-state index in [9.17, 15) is 4.79 Å². The van der Waals surface area contributed by atoms with Gasteiger partial charge in [-0.2, -0.15) is 0 Å². The lowest BCUT2D eigenvalue weighted by Crippen LogP contribution is -2.29. The topological polar surface area (TPSA) is 65.4 Å². The van der Waals surface area contributed by atoms with E-state index in [0.717, 1.165) is 61.3 Å². The van der Waals surface area contributed by atoms with E-state index in [1.54, 1.807) is 24.3 Å². The molecule has 4 rings (SSSR count). The molecule has 6 nitrogen and oxygen atoms in total.